The van der Waals surface area contributed by atoms with Gasteiger partial charge in [0.1, 0.15) is 11.9 Å². The largest absolute Gasteiger partial charge is 0.463 e. The summed E-state index contributed by atoms with van der Waals surface area (Å²) in [6, 6.07) is 14.2. The van der Waals surface area contributed by atoms with Gasteiger partial charge < -0.3 is 10.1 Å². The maximum Gasteiger partial charge on any atom is 0.338 e. The molecule has 0 bridgehead atoms. The Kier molecular flexibility index (Phi) is 6.08. The zero-order valence-electron chi connectivity index (χ0n) is 17.6. The molecule has 0 amide bonds. The van der Waals surface area contributed by atoms with E-state index in [0.717, 1.165) is 11.1 Å². The quantitative estimate of drug-likeness (QED) is 0.437. The van der Waals surface area contributed by atoms with Gasteiger partial charge in [0.05, 0.1) is 12.2 Å². The molecule has 1 aliphatic rings. The van der Waals surface area contributed by atoms with Crippen LogP contribution in [0.25, 0.3) is 0 Å². The van der Waals surface area contributed by atoms with Crippen molar-refractivity contribution in [1.29, 1.82) is 0 Å². The van der Waals surface area contributed by atoms with Crippen LogP contribution in [-0.4, -0.2) is 27.3 Å². The molecule has 31 heavy (non-hydrogen) atoms. The highest BCUT2D eigenvalue weighted by molar-refractivity contribution is 7.98. The normalized spacial score (nSPS) is 15.4. The van der Waals surface area contributed by atoms with Crippen molar-refractivity contribution in [2.45, 2.75) is 37.7 Å². The smallest absolute Gasteiger partial charge is 0.338 e. The fourth-order valence-corrected chi connectivity index (χ4v) is 4.30. The average molecular weight is 439 g/mol. The third-order valence-corrected chi connectivity index (χ3v) is 5.92. The SMILES string of the molecule is CCOC(=O)C1=C(C)Nc2nc(SCc3ccccc3F)nn2[C@@H]1c1ccc(C)cc1. The molecule has 0 aliphatic carbocycles. The van der Waals surface area contributed by atoms with Crippen LogP contribution >= 0.6 is 11.8 Å². The van der Waals surface area contributed by atoms with E-state index in [2.05, 4.69) is 15.4 Å². The zero-order valence-corrected chi connectivity index (χ0v) is 18.4. The van der Waals surface area contributed by atoms with Gasteiger partial charge in [-0.05, 0) is 38.0 Å². The first kappa shape index (κ1) is 21.1. The minimum atomic E-state index is -0.466. The molecule has 0 radical (unpaired) electrons. The van der Waals surface area contributed by atoms with Crippen LogP contribution in [0.2, 0.25) is 0 Å². The number of hydrogen-bond acceptors (Lipinski definition) is 6. The van der Waals surface area contributed by atoms with Crippen molar-refractivity contribution in [3.05, 3.63) is 82.3 Å². The molecule has 6 nitrogen and oxygen atoms in total. The number of nitrogens with one attached hydrogen (secondary N) is 1. The fourth-order valence-electron chi connectivity index (χ4n) is 3.48. The maximum atomic E-state index is 14.0. The third kappa shape index (κ3) is 4.34. The number of allylic oxidation sites excluding steroid dienone is 1. The summed E-state index contributed by atoms with van der Waals surface area (Å²) in [5.41, 5.74) is 3.79. The molecular weight excluding hydrogens is 415 g/mol. The molecule has 1 N–H and O–H groups in total. The standard InChI is InChI=1S/C23H23FN4O2S/c1-4-30-21(29)19-15(3)25-22-26-23(31-13-17-7-5-6-8-18(17)24)27-28(22)20(19)16-11-9-14(2)10-12-16/h5-12,20H,4,13H2,1-3H3,(H,25,26,27)/t20-/m1/s1. The van der Waals surface area contributed by atoms with Crippen LogP contribution in [0.3, 0.4) is 0 Å². The van der Waals surface area contributed by atoms with Crippen LogP contribution in [0.5, 0.6) is 0 Å². The molecule has 2 heterocycles. The molecule has 0 spiro atoms. The van der Waals surface area contributed by atoms with Crippen molar-refractivity contribution < 1.29 is 13.9 Å². The zero-order chi connectivity index (χ0) is 22.0. The number of hydrogen-bond donors (Lipinski definition) is 1. The van der Waals surface area contributed by atoms with Crippen molar-refractivity contribution in [2.75, 3.05) is 11.9 Å². The molecule has 0 unspecified atom stereocenters. The van der Waals surface area contributed by atoms with Gasteiger partial charge in [-0.1, -0.05) is 59.8 Å². The van der Waals surface area contributed by atoms with Crippen LogP contribution in [0.1, 0.15) is 36.6 Å². The Labute approximate surface area is 184 Å². The van der Waals surface area contributed by atoms with Crippen molar-refractivity contribution >= 4 is 23.7 Å². The van der Waals surface area contributed by atoms with Gasteiger partial charge in [-0.3, -0.25) is 0 Å². The van der Waals surface area contributed by atoms with Gasteiger partial charge in [0.2, 0.25) is 11.1 Å². The number of anilines is 1. The molecule has 1 aliphatic heterocycles. The van der Waals surface area contributed by atoms with Gasteiger partial charge in [-0.25, -0.2) is 13.9 Å². The summed E-state index contributed by atoms with van der Waals surface area (Å²) in [6.07, 6.45) is 0. The lowest BCUT2D eigenvalue weighted by Crippen LogP contribution is -2.29. The topological polar surface area (TPSA) is 69.0 Å². The number of halogens is 1. The first-order valence-corrected chi connectivity index (χ1v) is 11.0. The molecule has 0 fully saturated rings. The number of nitrogens with zero attached hydrogens (tertiary/aromatic N) is 3. The van der Waals surface area contributed by atoms with Crippen LogP contribution in [0, 0.1) is 12.7 Å². The summed E-state index contributed by atoms with van der Waals surface area (Å²) in [5.74, 6) is 0.298. The number of benzene rings is 2. The summed E-state index contributed by atoms with van der Waals surface area (Å²) in [6.45, 7) is 5.91. The van der Waals surface area contributed by atoms with Gasteiger partial charge >= 0.3 is 5.97 Å². The fraction of sp³-hybridized carbons (Fsp3) is 0.261. The number of fused-ring (bicyclic) bond motifs is 1. The summed E-state index contributed by atoms with van der Waals surface area (Å²) in [7, 11) is 0. The predicted molar refractivity (Wildman–Crippen MR) is 118 cm³/mol. The lowest BCUT2D eigenvalue weighted by atomic mass is 9.95. The average Bonchev–Trinajstić information content (AvgIpc) is 3.15. The van der Waals surface area contributed by atoms with Crippen LogP contribution in [0.15, 0.2) is 65.0 Å². The highest BCUT2D eigenvalue weighted by Gasteiger charge is 2.35. The Bertz CT molecular complexity index is 1140. The van der Waals surface area contributed by atoms with Gasteiger partial charge in [0.25, 0.3) is 0 Å². The minimum absolute atomic E-state index is 0.253. The van der Waals surface area contributed by atoms with Crippen LogP contribution in [-0.2, 0) is 15.3 Å². The second-order valence-corrected chi connectivity index (χ2v) is 8.18. The number of aryl methyl sites for hydroxylation is 1. The Morgan fingerprint density at radius 2 is 1.94 bits per heavy atom. The number of carbonyl (C=O) groups excluding carboxylic acids is 1. The number of esters is 1. The third-order valence-electron chi connectivity index (χ3n) is 5.04. The lowest BCUT2D eigenvalue weighted by Gasteiger charge is -2.28. The molecule has 0 saturated carbocycles. The number of rotatable bonds is 6. The van der Waals surface area contributed by atoms with E-state index in [1.54, 1.807) is 29.8 Å². The number of thioether (sulfide) groups is 1. The summed E-state index contributed by atoms with van der Waals surface area (Å²) in [4.78, 5) is 17.4. The molecule has 1 atom stereocenters. The minimum Gasteiger partial charge on any atom is -0.463 e. The van der Waals surface area contributed by atoms with E-state index < -0.39 is 6.04 Å². The van der Waals surface area contributed by atoms with Gasteiger partial charge in [-0.2, -0.15) is 4.98 Å². The molecular formula is C23H23FN4O2S. The second-order valence-electron chi connectivity index (χ2n) is 7.24. The second kappa shape index (κ2) is 8.93. The molecule has 0 saturated heterocycles. The van der Waals surface area contributed by atoms with E-state index in [1.165, 1.54) is 17.8 Å². The number of ether oxygens (including phenoxy) is 1. The Morgan fingerprint density at radius 1 is 1.19 bits per heavy atom. The highest BCUT2D eigenvalue weighted by atomic mass is 32.2. The monoisotopic (exact) mass is 438 g/mol. The van der Waals surface area contributed by atoms with Gasteiger partial charge in [0.15, 0.2) is 0 Å². The lowest BCUT2D eigenvalue weighted by molar-refractivity contribution is -0.139. The highest BCUT2D eigenvalue weighted by Crippen LogP contribution is 2.37. The summed E-state index contributed by atoms with van der Waals surface area (Å²) >= 11 is 1.34. The molecule has 3 aromatic rings. The summed E-state index contributed by atoms with van der Waals surface area (Å²) in [5, 5.41) is 8.32. The summed E-state index contributed by atoms with van der Waals surface area (Å²) < 4.78 is 21.0. The maximum absolute atomic E-state index is 14.0. The molecule has 160 valence electrons. The van der Waals surface area contributed by atoms with E-state index >= 15 is 0 Å². The number of aromatic nitrogens is 3. The van der Waals surface area contributed by atoms with E-state index in [-0.39, 0.29) is 18.4 Å². The van der Waals surface area contributed by atoms with E-state index in [9.17, 15) is 9.18 Å². The van der Waals surface area contributed by atoms with Crippen molar-refractivity contribution in [3.63, 3.8) is 0 Å². The van der Waals surface area contributed by atoms with Crippen molar-refractivity contribution in [3.8, 4) is 0 Å². The first-order valence-electron chi connectivity index (χ1n) is 10.0. The number of carbonyl (C=O) groups is 1. The van der Waals surface area contributed by atoms with Crippen molar-refractivity contribution in [2.24, 2.45) is 0 Å². The van der Waals surface area contributed by atoms with Gasteiger partial charge in [-0.15, -0.1) is 5.10 Å². The van der Waals surface area contributed by atoms with Crippen LogP contribution < -0.4 is 5.32 Å². The van der Waals surface area contributed by atoms with Crippen LogP contribution in [0.4, 0.5) is 10.3 Å². The predicted octanol–water partition coefficient (Wildman–Crippen LogP) is 4.87. The van der Waals surface area contributed by atoms with E-state index in [1.807, 2.05) is 38.1 Å². The van der Waals surface area contributed by atoms with E-state index in [0.29, 0.717) is 33.7 Å². The first-order chi connectivity index (χ1) is 15.0. The van der Waals surface area contributed by atoms with Gasteiger partial charge in [0, 0.05) is 11.4 Å². The van der Waals surface area contributed by atoms with Crippen molar-refractivity contribution in [1.82, 2.24) is 14.8 Å². The Hall–Kier alpha value is -3.13. The van der Waals surface area contributed by atoms with E-state index in [4.69, 9.17) is 4.74 Å². The molecule has 2 aromatic carbocycles. The molecule has 1 aromatic heterocycles. The molecule has 4 rings (SSSR count). The molecule has 8 heteroatoms. The Balaban J connectivity index is 1.70. The Morgan fingerprint density at radius 3 is 2.65 bits per heavy atom.